The van der Waals surface area contributed by atoms with Gasteiger partial charge in [-0.05, 0) is 56.9 Å². The lowest BCUT2D eigenvalue weighted by Crippen LogP contribution is -2.37. The third kappa shape index (κ3) is 1.92. The molecule has 2 aliphatic carbocycles. The molecule has 0 bridgehead atoms. The maximum atomic E-state index is 12.5. The van der Waals surface area contributed by atoms with Crippen molar-refractivity contribution >= 4 is 17.6 Å². The summed E-state index contributed by atoms with van der Waals surface area (Å²) in [6.07, 6.45) is 2.19. The Kier molecular flexibility index (Phi) is 2.59. The second-order valence-electron chi connectivity index (χ2n) is 7.66. The second-order valence-corrected chi connectivity index (χ2v) is 7.66. The fraction of sp³-hybridized carbons (Fsp3) is 0.444. The molecule has 1 aromatic carbocycles. The number of nitrogen functional groups attached to an aromatic ring is 1. The highest BCUT2D eigenvalue weighted by atomic mass is 16.6. The van der Waals surface area contributed by atoms with Crippen LogP contribution in [0.15, 0.2) is 30.0 Å². The number of nitrogens with zero attached hydrogens (tertiary/aromatic N) is 1. The van der Waals surface area contributed by atoms with Gasteiger partial charge < -0.3 is 10.5 Å². The largest absolute Gasteiger partial charge is 0.443 e. The minimum Gasteiger partial charge on any atom is -0.443 e. The molecule has 5 nitrogen and oxygen atoms in total. The summed E-state index contributed by atoms with van der Waals surface area (Å²) in [6, 6.07) is 5.43. The Labute approximate surface area is 135 Å². The van der Waals surface area contributed by atoms with E-state index < -0.39 is 5.60 Å². The van der Waals surface area contributed by atoms with E-state index in [1.807, 2.05) is 26.8 Å². The highest BCUT2D eigenvalue weighted by Gasteiger charge is 2.67. The molecule has 3 aliphatic rings. The number of likely N-dealkylation sites (tertiary alicyclic amines) is 1. The van der Waals surface area contributed by atoms with Crippen molar-refractivity contribution in [3.8, 4) is 0 Å². The van der Waals surface area contributed by atoms with E-state index >= 15 is 0 Å². The van der Waals surface area contributed by atoms with Gasteiger partial charge in [0.15, 0.2) is 5.78 Å². The molecule has 2 fully saturated rings. The summed E-state index contributed by atoms with van der Waals surface area (Å²) in [4.78, 5) is 26.6. The van der Waals surface area contributed by atoms with Gasteiger partial charge in [-0.15, -0.1) is 0 Å². The first-order valence-corrected chi connectivity index (χ1v) is 7.89. The van der Waals surface area contributed by atoms with Gasteiger partial charge >= 0.3 is 6.09 Å². The molecule has 2 atom stereocenters. The minimum absolute atomic E-state index is 0.0678. The van der Waals surface area contributed by atoms with Crippen molar-refractivity contribution in [3.05, 3.63) is 41.1 Å². The normalized spacial score (nSPS) is 27.8. The monoisotopic (exact) mass is 312 g/mol. The number of nitrogens with two attached hydrogens (primary N) is 1. The number of hydrogen-bond donors (Lipinski definition) is 1. The Morgan fingerprint density at radius 2 is 2.13 bits per heavy atom. The molecule has 1 aliphatic heterocycles. The van der Waals surface area contributed by atoms with Crippen molar-refractivity contribution in [2.75, 3.05) is 12.3 Å². The van der Waals surface area contributed by atoms with Crippen molar-refractivity contribution < 1.29 is 14.3 Å². The molecule has 1 heterocycles. The Morgan fingerprint density at radius 3 is 2.83 bits per heavy atom. The molecule has 120 valence electrons. The van der Waals surface area contributed by atoms with Crippen molar-refractivity contribution in [3.63, 3.8) is 0 Å². The van der Waals surface area contributed by atoms with Gasteiger partial charge in [-0.25, -0.2) is 4.79 Å². The number of benzene rings is 1. The SMILES string of the molecule is CC(C)(C)OC(=O)N1C[C@H]2C[C@@]23C1=CC(=O)c1ccc(N)cc13. The summed E-state index contributed by atoms with van der Waals surface area (Å²) >= 11 is 0. The van der Waals surface area contributed by atoms with Gasteiger partial charge in [0.2, 0.25) is 0 Å². The minimum atomic E-state index is -0.557. The standard InChI is InChI=1S/C18H20N2O3/c1-17(2,3)23-16(22)20-9-10-8-18(10)13-6-11(19)4-5-12(13)14(21)7-15(18)20/h4-7,10H,8-9,19H2,1-3H3/t10-,18-/m1/s1. The van der Waals surface area contributed by atoms with Crippen molar-refractivity contribution in [2.24, 2.45) is 5.92 Å². The van der Waals surface area contributed by atoms with Crippen LogP contribution in [-0.4, -0.2) is 28.9 Å². The van der Waals surface area contributed by atoms with Crippen LogP contribution in [0.5, 0.6) is 0 Å². The molecule has 4 rings (SSSR count). The first-order chi connectivity index (χ1) is 10.7. The maximum Gasteiger partial charge on any atom is 0.414 e. The van der Waals surface area contributed by atoms with Crippen LogP contribution < -0.4 is 5.73 Å². The zero-order chi connectivity index (χ0) is 16.6. The first-order valence-electron chi connectivity index (χ1n) is 7.89. The van der Waals surface area contributed by atoms with Gasteiger partial charge in [0.25, 0.3) is 0 Å². The second kappa shape index (κ2) is 4.16. The van der Waals surface area contributed by atoms with Crippen LogP contribution in [-0.2, 0) is 10.2 Å². The first kappa shape index (κ1) is 14.3. The van der Waals surface area contributed by atoms with E-state index in [0.717, 1.165) is 17.7 Å². The molecular weight excluding hydrogens is 292 g/mol. The smallest absolute Gasteiger partial charge is 0.414 e. The molecular formula is C18H20N2O3. The van der Waals surface area contributed by atoms with E-state index in [0.29, 0.717) is 23.7 Å². The molecule has 2 N–H and O–H groups in total. The molecule has 1 aromatic rings. The maximum absolute atomic E-state index is 12.5. The molecule has 0 aromatic heterocycles. The number of ketones is 1. The number of carbonyl (C=O) groups excluding carboxylic acids is 2. The lowest BCUT2D eigenvalue weighted by atomic mass is 9.81. The summed E-state index contributed by atoms with van der Waals surface area (Å²) in [5.74, 6) is 0.275. The van der Waals surface area contributed by atoms with E-state index in [2.05, 4.69) is 0 Å². The van der Waals surface area contributed by atoms with Gasteiger partial charge in [-0.3, -0.25) is 9.69 Å². The predicted molar refractivity (Wildman–Crippen MR) is 86.0 cm³/mol. The lowest BCUT2D eigenvalue weighted by molar-refractivity contribution is 0.0322. The molecule has 0 unspecified atom stereocenters. The number of carbonyl (C=O) groups is 2. The number of allylic oxidation sites excluding steroid dienone is 2. The highest BCUT2D eigenvalue weighted by molar-refractivity contribution is 6.09. The Morgan fingerprint density at radius 1 is 1.39 bits per heavy atom. The molecule has 1 amide bonds. The zero-order valence-electron chi connectivity index (χ0n) is 13.6. The van der Waals surface area contributed by atoms with E-state index in [9.17, 15) is 9.59 Å². The fourth-order valence-corrected chi connectivity index (χ4v) is 3.94. The summed E-state index contributed by atoms with van der Waals surface area (Å²) in [5.41, 5.74) is 8.24. The van der Waals surface area contributed by atoms with Crippen LogP contribution in [0.4, 0.5) is 10.5 Å². The topological polar surface area (TPSA) is 72.6 Å². The number of hydrogen-bond acceptors (Lipinski definition) is 4. The molecule has 1 saturated heterocycles. The third-order valence-corrected chi connectivity index (χ3v) is 4.93. The molecule has 0 radical (unpaired) electrons. The van der Waals surface area contributed by atoms with Crippen LogP contribution >= 0.6 is 0 Å². The highest BCUT2D eigenvalue weighted by Crippen LogP contribution is 2.66. The van der Waals surface area contributed by atoms with Gasteiger partial charge in [0.05, 0.1) is 0 Å². The number of amides is 1. The van der Waals surface area contributed by atoms with Crippen LogP contribution in [0.3, 0.4) is 0 Å². The average Bonchev–Trinajstić information content (AvgIpc) is 3.06. The van der Waals surface area contributed by atoms with Gasteiger partial charge in [-0.1, -0.05) is 0 Å². The van der Waals surface area contributed by atoms with Crippen LogP contribution in [0.1, 0.15) is 43.1 Å². The van der Waals surface area contributed by atoms with Crippen LogP contribution in [0.2, 0.25) is 0 Å². The molecule has 1 saturated carbocycles. The molecule has 23 heavy (non-hydrogen) atoms. The Hall–Kier alpha value is -2.30. The van der Waals surface area contributed by atoms with Crippen molar-refractivity contribution in [2.45, 2.75) is 38.2 Å². The van der Waals surface area contributed by atoms with Gasteiger partial charge in [0, 0.05) is 35.0 Å². The summed E-state index contributed by atoms with van der Waals surface area (Å²) < 4.78 is 5.49. The number of fused-ring (bicyclic) bond motifs is 1. The number of ether oxygens (including phenoxy) is 1. The fourth-order valence-electron chi connectivity index (χ4n) is 3.94. The summed E-state index contributed by atoms with van der Waals surface area (Å²) in [7, 11) is 0. The predicted octanol–water partition coefficient (Wildman–Crippen LogP) is 2.86. The molecule has 1 spiro atoms. The number of anilines is 1. The van der Waals surface area contributed by atoms with Gasteiger partial charge in [-0.2, -0.15) is 0 Å². The average molecular weight is 312 g/mol. The lowest BCUT2D eigenvalue weighted by Gasteiger charge is -2.31. The van der Waals surface area contributed by atoms with Crippen LogP contribution in [0.25, 0.3) is 0 Å². The Balaban J connectivity index is 1.75. The summed E-state index contributed by atoms with van der Waals surface area (Å²) in [6.45, 7) is 6.12. The zero-order valence-corrected chi connectivity index (χ0v) is 13.6. The van der Waals surface area contributed by atoms with E-state index in [-0.39, 0.29) is 17.3 Å². The third-order valence-electron chi connectivity index (χ3n) is 4.93. The van der Waals surface area contributed by atoms with E-state index in [1.54, 1.807) is 23.1 Å². The Bertz CT molecular complexity index is 775. The van der Waals surface area contributed by atoms with Crippen molar-refractivity contribution in [1.82, 2.24) is 4.90 Å². The van der Waals surface area contributed by atoms with Crippen molar-refractivity contribution in [1.29, 1.82) is 0 Å². The number of piperidine rings is 1. The number of rotatable bonds is 0. The van der Waals surface area contributed by atoms with E-state index in [4.69, 9.17) is 10.5 Å². The summed E-state index contributed by atoms with van der Waals surface area (Å²) in [5, 5.41) is 0. The van der Waals surface area contributed by atoms with Crippen LogP contribution in [0, 0.1) is 5.92 Å². The van der Waals surface area contributed by atoms with Gasteiger partial charge in [0.1, 0.15) is 5.60 Å². The van der Waals surface area contributed by atoms with E-state index in [1.165, 1.54) is 0 Å². The quantitative estimate of drug-likeness (QED) is 0.748. The molecule has 5 heteroatoms.